The molecule has 2 amide bonds. The molecule has 0 saturated carbocycles. The molecule has 7 nitrogen and oxygen atoms in total. The first-order valence-electron chi connectivity index (χ1n) is 9.99. The highest BCUT2D eigenvalue weighted by molar-refractivity contribution is 7.92. The molecule has 1 atom stereocenters. The van der Waals surface area contributed by atoms with Gasteiger partial charge in [-0.25, -0.2) is 8.42 Å². The predicted molar refractivity (Wildman–Crippen MR) is 129 cm³/mol. The van der Waals surface area contributed by atoms with Crippen molar-refractivity contribution in [3.05, 3.63) is 63.6 Å². The van der Waals surface area contributed by atoms with Gasteiger partial charge in [-0.15, -0.1) is 0 Å². The van der Waals surface area contributed by atoms with Gasteiger partial charge in [0.25, 0.3) is 0 Å². The minimum Gasteiger partial charge on any atom is -0.355 e. The largest absolute Gasteiger partial charge is 0.355 e. The van der Waals surface area contributed by atoms with Crippen LogP contribution in [0.4, 0.5) is 5.69 Å². The van der Waals surface area contributed by atoms with Crippen LogP contribution < -0.4 is 9.62 Å². The molecular weight excluding hydrogens is 473 g/mol. The lowest BCUT2D eigenvalue weighted by molar-refractivity contribution is -0.139. The molecule has 1 unspecified atom stereocenters. The lowest BCUT2D eigenvalue weighted by Crippen LogP contribution is -2.51. The van der Waals surface area contributed by atoms with Gasteiger partial charge in [0.15, 0.2) is 0 Å². The summed E-state index contributed by atoms with van der Waals surface area (Å²) in [7, 11) is -3.86. The molecule has 0 heterocycles. The molecule has 0 aliphatic heterocycles. The van der Waals surface area contributed by atoms with Crippen LogP contribution in [0.25, 0.3) is 0 Å². The summed E-state index contributed by atoms with van der Waals surface area (Å²) in [5.74, 6) is -0.871. The molecule has 0 radical (unpaired) electrons. The van der Waals surface area contributed by atoms with Crippen molar-refractivity contribution >= 4 is 50.7 Å². The zero-order valence-electron chi connectivity index (χ0n) is 18.4. The van der Waals surface area contributed by atoms with Gasteiger partial charge in [0.2, 0.25) is 21.8 Å². The third-order valence-electron chi connectivity index (χ3n) is 4.85. The van der Waals surface area contributed by atoms with Crippen LogP contribution in [0, 0.1) is 6.92 Å². The summed E-state index contributed by atoms with van der Waals surface area (Å²) in [6.07, 6.45) is 0.989. The molecule has 2 aromatic rings. The Morgan fingerprint density at radius 2 is 1.72 bits per heavy atom. The van der Waals surface area contributed by atoms with Crippen molar-refractivity contribution in [3.8, 4) is 0 Å². The Morgan fingerprint density at radius 1 is 1.09 bits per heavy atom. The third-order valence-corrected chi connectivity index (χ3v) is 6.51. The van der Waals surface area contributed by atoms with Gasteiger partial charge in [-0.1, -0.05) is 53.0 Å². The Kier molecular flexibility index (Phi) is 8.95. The van der Waals surface area contributed by atoms with E-state index < -0.39 is 28.5 Å². The first-order valence-corrected chi connectivity index (χ1v) is 12.6. The fourth-order valence-electron chi connectivity index (χ4n) is 3.07. The van der Waals surface area contributed by atoms with Crippen molar-refractivity contribution in [2.24, 2.45) is 0 Å². The zero-order chi connectivity index (χ0) is 24.1. The fraction of sp³-hybridized carbons (Fsp3) is 0.364. The van der Waals surface area contributed by atoms with Crippen molar-refractivity contribution in [2.45, 2.75) is 33.4 Å². The monoisotopic (exact) mass is 499 g/mol. The molecular formula is C22H27Cl2N3O4S. The van der Waals surface area contributed by atoms with E-state index in [1.807, 2.05) is 31.2 Å². The molecule has 10 heteroatoms. The number of aryl methyl sites for hydroxylation is 1. The quantitative estimate of drug-likeness (QED) is 0.570. The van der Waals surface area contributed by atoms with Crippen molar-refractivity contribution in [1.29, 1.82) is 0 Å². The second-order valence-corrected chi connectivity index (χ2v) is 10.2. The van der Waals surface area contributed by atoms with E-state index >= 15 is 0 Å². The van der Waals surface area contributed by atoms with E-state index in [4.69, 9.17) is 23.2 Å². The van der Waals surface area contributed by atoms with Gasteiger partial charge < -0.3 is 10.2 Å². The SMILES string of the molecule is CCNC(=O)C(C)N(Cc1ccc(C)cc1)C(=O)CN(c1ccc(Cl)cc1Cl)S(C)(=O)=O. The number of likely N-dealkylation sites (N-methyl/N-ethyl adjacent to an activating group) is 1. The number of nitrogens with zero attached hydrogens (tertiary/aromatic N) is 2. The smallest absolute Gasteiger partial charge is 0.244 e. The number of amides is 2. The number of sulfonamides is 1. The van der Waals surface area contributed by atoms with Gasteiger partial charge in [0.05, 0.1) is 17.0 Å². The molecule has 0 aromatic heterocycles. The number of carbonyl (C=O) groups is 2. The maximum atomic E-state index is 13.3. The third kappa shape index (κ3) is 6.85. The highest BCUT2D eigenvalue weighted by atomic mass is 35.5. The molecule has 0 aliphatic carbocycles. The summed E-state index contributed by atoms with van der Waals surface area (Å²) in [6.45, 7) is 5.37. The van der Waals surface area contributed by atoms with Crippen molar-refractivity contribution in [3.63, 3.8) is 0 Å². The van der Waals surface area contributed by atoms with Gasteiger partial charge in [0, 0.05) is 18.1 Å². The first-order chi connectivity index (χ1) is 14.9. The zero-order valence-corrected chi connectivity index (χ0v) is 20.8. The van der Waals surface area contributed by atoms with Crippen LogP contribution >= 0.6 is 23.2 Å². The highest BCUT2D eigenvalue weighted by Crippen LogP contribution is 2.30. The van der Waals surface area contributed by atoms with Crippen LogP contribution in [0.2, 0.25) is 10.0 Å². The summed E-state index contributed by atoms with van der Waals surface area (Å²) in [5, 5.41) is 3.14. The van der Waals surface area contributed by atoms with Crippen LogP contribution in [-0.4, -0.2) is 50.5 Å². The van der Waals surface area contributed by atoms with E-state index in [0.717, 1.165) is 21.7 Å². The number of carbonyl (C=O) groups excluding carboxylic acids is 2. The topological polar surface area (TPSA) is 86.8 Å². The Labute approximate surface area is 199 Å². The van der Waals surface area contributed by atoms with Crippen molar-refractivity contribution < 1.29 is 18.0 Å². The maximum Gasteiger partial charge on any atom is 0.244 e. The van der Waals surface area contributed by atoms with E-state index in [1.54, 1.807) is 13.8 Å². The fourth-order valence-corrected chi connectivity index (χ4v) is 4.50. The Bertz CT molecular complexity index is 1080. The summed E-state index contributed by atoms with van der Waals surface area (Å²) in [6, 6.07) is 11.1. The van der Waals surface area contributed by atoms with Crippen LogP contribution in [0.5, 0.6) is 0 Å². The van der Waals surface area contributed by atoms with Crippen LogP contribution in [0.1, 0.15) is 25.0 Å². The molecule has 0 saturated heterocycles. The van der Waals surface area contributed by atoms with Gasteiger partial charge in [-0.3, -0.25) is 13.9 Å². The number of hydrogen-bond donors (Lipinski definition) is 1. The molecule has 0 fully saturated rings. The minimum absolute atomic E-state index is 0.0950. The van der Waals surface area contributed by atoms with Gasteiger partial charge in [0.1, 0.15) is 12.6 Å². The molecule has 1 N–H and O–H groups in total. The summed E-state index contributed by atoms with van der Waals surface area (Å²) < 4.78 is 25.9. The molecule has 174 valence electrons. The average molecular weight is 500 g/mol. The molecule has 0 aliphatic rings. The second kappa shape index (κ2) is 11.0. The second-order valence-electron chi connectivity index (χ2n) is 7.44. The Morgan fingerprint density at radius 3 is 2.25 bits per heavy atom. The van der Waals surface area contributed by atoms with Crippen LogP contribution in [0.15, 0.2) is 42.5 Å². The molecule has 32 heavy (non-hydrogen) atoms. The summed E-state index contributed by atoms with van der Waals surface area (Å²) >= 11 is 12.1. The number of halogens is 2. The lowest BCUT2D eigenvalue weighted by Gasteiger charge is -2.31. The van der Waals surface area contributed by atoms with Gasteiger partial charge in [-0.05, 0) is 44.5 Å². The lowest BCUT2D eigenvalue weighted by atomic mass is 10.1. The van der Waals surface area contributed by atoms with Crippen LogP contribution in [-0.2, 0) is 26.2 Å². The molecule has 2 aromatic carbocycles. The minimum atomic E-state index is -3.86. The van der Waals surface area contributed by atoms with E-state index in [0.29, 0.717) is 11.6 Å². The van der Waals surface area contributed by atoms with Crippen LogP contribution in [0.3, 0.4) is 0 Å². The maximum absolute atomic E-state index is 13.3. The Hall–Kier alpha value is -2.29. The summed E-state index contributed by atoms with van der Waals surface area (Å²) in [5.41, 5.74) is 2.01. The van der Waals surface area contributed by atoms with E-state index in [9.17, 15) is 18.0 Å². The van der Waals surface area contributed by atoms with E-state index in [1.165, 1.54) is 23.1 Å². The predicted octanol–water partition coefficient (Wildman–Crippen LogP) is 3.62. The van der Waals surface area contributed by atoms with Gasteiger partial charge in [-0.2, -0.15) is 0 Å². The van der Waals surface area contributed by atoms with Crippen molar-refractivity contribution in [2.75, 3.05) is 23.7 Å². The standard InChI is InChI=1S/C22H27Cl2N3O4S/c1-5-25-22(29)16(3)26(13-17-8-6-15(2)7-9-17)21(28)14-27(32(4,30)31)20-11-10-18(23)12-19(20)24/h6-12,16H,5,13-14H2,1-4H3,(H,25,29). The average Bonchev–Trinajstić information content (AvgIpc) is 2.71. The number of benzene rings is 2. The van der Waals surface area contributed by atoms with E-state index in [2.05, 4.69) is 5.32 Å². The van der Waals surface area contributed by atoms with Crippen molar-refractivity contribution in [1.82, 2.24) is 10.2 Å². The molecule has 2 rings (SSSR count). The van der Waals surface area contributed by atoms with Gasteiger partial charge >= 0.3 is 0 Å². The van der Waals surface area contributed by atoms with E-state index in [-0.39, 0.29) is 23.2 Å². The molecule has 0 bridgehead atoms. The summed E-state index contributed by atoms with van der Waals surface area (Å²) in [4.78, 5) is 27.2. The Balaban J connectivity index is 2.40. The number of nitrogens with one attached hydrogen (secondary N) is 1. The number of rotatable bonds is 9. The number of anilines is 1. The highest BCUT2D eigenvalue weighted by Gasteiger charge is 2.30. The first kappa shape index (κ1) is 26.0. The number of hydrogen-bond acceptors (Lipinski definition) is 4. The normalized spacial score (nSPS) is 12.2. The molecule has 0 spiro atoms.